The molecule has 0 N–H and O–H groups in total. The van der Waals surface area contributed by atoms with Gasteiger partial charge in [0.2, 0.25) is 11.8 Å². The van der Waals surface area contributed by atoms with E-state index in [1.54, 1.807) is 36.2 Å². The Hall–Kier alpha value is -2.55. The first-order chi connectivity index (χ1) is 11.6. The predicted octanol–water partition coefficient (Wildman–Crippen LogP) is 1.55. The average Bonchev–Trinajstić information content (AvgIpc) is 2.95. The van der Waals surface area contributed by atoms with Crippen molar-refractivity contribution in [1.29, 1.82) is 5.26 Å². The average molecular weight is 327 g/mol. The fourth-order valence-electron chi connectivity index (χ4n) is 3.30. The minimum atomic E-state index is -0.298. The lowest BCUT2D eigenvalue weighted by Crippen LogP contribution is -2.49. The molecule has 0 aromatic heterocycles. The van der Waals surface area contributed by atoms with Gasteiger partial charge in [-0.2, -0.15) is 5.26 Å². The molecule has 1 atom stereocenters. The topological polar surface area (TPSA) is 73.6 Å². The van der Waals surface area contributed by atoms with Gasteiger partial charge in [0.05, 0.1) is 11.6 Å². The Morgan fingerprint density at radius 3 is 2.42 bits per heavy atom. The lowest BCUT2D eigenvalue weighted by Gasteiger charge is -2.34. The summed E-state index contributed by atoms with van der Waals surface area (Å²) in [7, 11) is 1.71. The number of hydrogen-bond acceptors (Lipinski definition) is 4. The molecule has 1 unspecified atom stereocenters. The van der Waals surface area contributed by atoms with E-state index in [1.165, 1.54) is 0 Å². The second-order valence-electron chi connectivity index (χ2n) is 6.34. The third-order valence-electron chi connectivity index (χ3n) is 4.82. The van der Waals surface area contributed by atoms with Crippen molar-refractivity contribution in [3.63, 3.8) is 0 Å². The molecule has 2 aliphatic rings. The maximum absolute atomic E-state index is 12.6. The first-order valence-corrected chi connectivity index (χ1v) is 8.30. The van der Waals surface area contributed by atoms with Crippen LogP contribution in [0.1, 0.15) is 31.2 Å². The molecule has 126 valence electrons. The number of rotatable bonds is 3. The van der Waals surface area contributed by atoms with Gasteiger partial charge in [-0.1, -0.05) is 0 Å². The number of ether oxygens (including phenoxy) is 1. The minimum absolute atomic E-state index is 0.0485. The highest BCUT2D eigenvalue weighted by Gasteiger charge is 2.37. The number of nitriles is 1. The van der Waals surface area contributed by atoms with Gasteiger partial charge in [0.15, 0.2) is 0 Å². The minimum Gasteiger partial charge on any atom is -0.490 e. The Morgan fingerprint density at radius 1 is 1.21 bits per heavy atom. The van der Waals surface area contributed by atoms with Crippen molar-refractivity contribution in [1.82, 2.24) is 9.80 Å². The third kappa shape index (κ3) is 3.35. The van der Waals surface area contributed by atoms with Crippen molar-refractivity contribution in [3.8, 4) is 11.8 Å². The van der Waals surface area contributed by atoms with E-state index in [4.69, 9.17) is 10.00 Å². The number of likely N-dealkylation sites (tertiary alicyclic amines) is 2. The second kappa shape index (κ2) is 6.91. The lowest BCUT2D eigenvalue weighted by molar-refractivity contribution is -0.141. The van der Waals surface area contributed by atoms with Crippen molar-refractivity contribution in [2.45, 2.75) is 37.8 Å². The summed E-state index contributed by atoms with van der Waals surface area (Å²) in [5.41, 5.74) is 0.609. The molecular formula is C18H21N3O3. The lowest BCUT2D eigenvalue weighted by atomic mass is 10.1. The molecule has 2 fully saturated rings. The summed E-state index contributed by atoms with van der Waals surface area (Å²) in [6.07, 6.45) is 2.71. The Morgan fingerprint density at radius 2 is 1.88 bits per heavy atom. The van der Waals surface area contributed by atoms with E-state index in [-0.39, 0.29) is 24.0 Å². The Bertz CT molecular complexity index is 657. The molecule has 1 aromatic carbocycles. The first kappa shape index (κ1) is 16.3. The van der Waals surface area contributed by atoms with Crippen molar-refractivity contribution >= 4 is 11.8 Å². The normalized spacial score (nSPS) is 21.7. The summed E-state index contributed by atoms with van der Waals surface area (Å²) in [6, 6.07) is 8.86. The number of carbonyl (C=O) groups is 2. The van der Waals surface area contributed by atoms with Gasteiger partial charge in [-0.3, -0.25) is 9.59 Å². The van der Waals surface area contributed by atoms with Crippen LogP contribution < -0.4 is 4.74 Å². The molecule has 0 spiro atoms. The van der Waals surface area contributed by atoms with E-state index in [9.17, 15) is 9.59 Å². The van der Waals surface area contributed by atoms with Gasteiger partial charge in [0.1, 0.15) is 17.9 Å². The van der Waals surface area contributed by atoms with Crippen molar-refractivity contribution < 1.29 is 14.3 Å². The Labute approximate surface area is 141 Å². The molecule has 3 rings (SSSR count). The van der Waals surface area contributed by atoms with Crippen molar-refractivity contribution in [2.75, 3.05) is 20.1 Å². The number of hydrogen-bond donors (Lipinski definition) is 0. The van der Waals surface area contributed by atoms with Crippen LogP contribution in [0.15, 0.2) is 24.3 Å². The van der Waals surface area contributed by atoms with E-state index in [0.29, 0.717) is 31.5 Å². The molecule has 0 radical (unpaired) electrons. The highest BCUT2D eigenvalue weighted by molar-refractivity contribution is 5.90. The predicted molar refractivity (Wildman–Crippen MR) is 87.2 cm³/mol. The number of carbonyl (C=O) groups excluding carboxylic acids is 2. The standard InChI is InChI=1S/C18H21N3O3/c1-20-16(6-7-17(20)22)18(23)21-10-8-15(9-11-21)24-14-4-2-13(12-19)3-5-14/h2-5,15-16H,6-11H2,1H3. The summed E-state index contributed by atoms with van der Waals surface area (Å²) in [5.74, 6) is 0.854. The molecule has 24 heavy (non-hydrogen) atoms. The van der Waals surface area contributed by atoms with Crippen LogP contribution in [0.25, 0.3) is 0 Å². The summed E-state index contributed by atoms with van der Waals surface area (Å²) in [4.78, 5) is 27.6. The monoisotopic (exact) mass is 327 g/mol. The van der Waals surface area contributed by atoms with Crippen LogP contribution in [-0.4, -0.2) is 53.9 Å². The van der Waals surface area contributed by atoms with Crippen LogP contribution in [0.2, 0.25) is 0 Å². The maximum atomic E-state index is 12.6. The molecule has 2 saturated heterocycles. The summed E-state index contributed by atoms with van der Waals surface area (Å²) < 4.78 is 5.93. The van der Waals surface area contributed by atoms with E-state index < -0.39 is 0 Å². The smallest absolute Gasteiger partial charge is 0.245 e. The molecule has 2 aliphatic heterocycles. The summed E-state index contributed by atoms with van der Waals surface area (Å²) in [5, 5.41) is 8.80. The van der Waals surface area contributed by atoms with Crippen LogP contribution in [-0.2, 0) is 9.59 Å². The molecule has 1 aromatic rings. The van der Waals surface area contributed by atoms with Gasteiger partial charge in [-0.15, -0.1) is 0 Å². The number of benzene rings is 1. The van der Waals surface area contributed by atoms with Gasteiger partial charge in [0.25, 0.3) is 0 Å². The van der Waals surface area contributed by atoms with Crippen LogP contribution in [0.3, 0.4) is 0 Å². The summed E-state index contributed by atoms with van der Waals surface area (Å²) in [6.45, 7) is 1.30. The molecule has 2 heterocycles. The molecule has 6 nitrogen and oxygen atoms in total. The van der Waals surface area contributed by atoms with E-state index in [1.807, 2.05) is 4.90 Å². The van der Waals surface area contributed by atoms with Gasteiger partial charge in [-0.25, -0.2) is 0 Å². The Balaban J connectivity index is 1.51. The van der Waals surface area contributed by atoms with Gasteiger partial charge in [-0.05, 0) is 30.7 Å². The zero-order valence-corrected chi connectivity index (χ0v) is 13.8. The molecule has 0 aliphatic carbocycles. The highest BCUT2D eigenvalue weighted by Crippen LogP contribution is 2.23. The third-order valence-corrected chi connectivity index (χ3v) is 4.82. The quantitative estimate of drug-likeness (QED) is 0.844. The molecule has 2 amide bonds. The van der Waals surface area contributed by atoms with E-state index >= 15 is 0 Å². The van der Waals surface area contributed by atoms with E-state index in [2.05, 4.69) is 6.07 Å². The number of amides is 2. The van der Waals surface area contributed by atoms with Crippen LogP contribution in [0.4, 0.5) is 0 Å². The van der Waals surface area contributed by atoms with Crippen molar-refractivity contribution in [2.24, 2.45) is 0 Å². The SMILES string of the molecule is CN1C(=O)CCC1C(=O)N1CCC(Oc2ccc(C#N)cc2)CC1. The Kier molecular flexibility index (Phi) is 4.70. The first-order valence-electron chi connectivity index (χ1n) is 8.30. The van der Waals surface area contributed by atoms with Gasteiger partial charge >= 0.3 is 0 Å². The largest absolute Gasteiger partial charge is 0.490 e. The molecule has 6 heteroatoms. The van der Waals surface area contributed by atoms with Crippen LogP contribution in [0, 0.1) is 11.3 Å². The number of piperidine rings is 1. The summed E-state index contributed by atoms with van der Waals surface area (Å²) >= 11 is 0. The van der Waals surface area contributed by atoms with Gasteiger partial charge in [0, 0.05) is 39.4 Å². The highest BCUT2D eigenvalue weighted by atomic mass is 16.5. The zero-order chi connectivity index (χ0) is 17.1. The fraction of sp³-hybridized carbons (Fsp3) is 0.500. The number of likely N-dealkylation sites (N-methyl/N-ethyl adjacent to an activating group) is 1. The molecule has 0 saturated carbocycles. The maximum Gasteiger partial charge on any atom is 0.245 e. The second-order valence-corrected chi connectivity index (χ2v) is 6.34. The number of nitrogens with zero attached hydrogens (tertiary/aromatic N) is 3. The van der Waals surface area contributed by atoms with Crippen molar-refractivity contribution in [3.05, 3.63) is 29.8 Å². The van der Waals surface area contributed by atoms with Crippen LogP contribution >= 0.6 is 0 Å². The fourth-order valence-corrected chi connectivity index (χ4v) is 3.30. The van der Waals surface area contributed by atoms with E-state index in [0.717, 1.165) is 18.6 Å². The zero-order valence-electron chi connectivity index (χ0n) is 13.8. The molecular weight excluding hydrogens is 306 g/mol. The van der Waals surface area contributed by atoms with Crippen LogP contribution in [0.5, 0.6) is 5.75 Å². The molecule has 0 bridgehead atoms. The van der Waals surface area contributed by atoms with Gasteiger partial charge < -0.3 is 14.5 Å².